The number of methoxy groups -OCH3 is 1. The van der Waals surface area contributed by atoms with Crippen LogP contribution < -0.4 is 10.1 Å². The van der Waals surface area contributed by atoms with Crippen LogP contribution in [0.5, 0.6) is 5.75 Å². The van der Waals surface area contributed by atoms with E-state index in [4.69, 9.17) is 4.74 Å². The molecule has 0 radical (unpaired) electrons. The Morgan fingerprint density at radius 2 is 1.96 bits per heavy atom. The summed E-state index contributed by atoms with van der Waals surface area (Å²) in [6.45, 7) is 0. The average molecular weight is 305 g/mol. The Morgan fingerprint density at radius 1 is 1.09 bits per heavy atom. The molecule has 1 aromatic heterocycles. The molecule has 1 N–H and O–H groups in total. The largest absolute Gasteiger partial charge is 0.497 e. The van der Waals surface area contributed by atoms with Crippen molar-refractivity contribution in [2.75, 3.05) is 12.4 Å². The van der Waals surface area contributed by atoms with E-state index in [0.717, 1.165) is 22.6 Å². The molecule has 114 valence electrons. The molecule has 6 heteroatoms. The van der Waals surface area contributed by atoms with Gasteiger partial charge in [0.25, 0.3) is 0 Å². The van der Waals surface area contributed by atoms with E-state index >= 15 is 0 Å². The van der Waals surface area contributed by atoms with Crippen molar-refractivity contribution in [1.82, 2.24) is 20.2 Å². The minimum atomic E-state index is -0.0522. The topological polar surface area (TPSA) is 64.9 Å². The van der Waals surface area contributed by atoms with Gasteiger partial charge in [-0.1, -0.05) is 47.6 Å². The number of nitrogens with one attached hydrogen (secondary N) is 1. The zero-order valence-corrected chi connectivity index (χ0v) is 12.5. The molecular formula is C17H15N5O. The number of benzene rings is 2. The van der Waals surface area contributed by atoms with E-state index in [2.05, 4.69) is 39.1 Å². The molecule has 1 aliphatic heterocycles. The Balaban J connectivity index is 1.80. The maximum absolute atomic E-state index is 5.31. The fourth-order valence-electron chi connectivity index (χ4n) is 2.70. The second kappa shape index (κ2) is 5.57. The van der Waals surface area contributed by atoms with Gasteiger partial charge >= 0.3 is 0 Å². The first-order valence-corrected chi connectivity index (χ1v) is 7.31. The van der Waals surface area contributed by atoms with E-state index in [1.54, 1.807) is 11.8 Å². The van der Waals surface area contributed by atoms with E-state index in [1.165, 1.54) is 0 Å². The van der Waals surface area contributed by atoms with Crippen molar-refractivity contribution >= 4 is 11.6 Å². The monoisotopic (exact) mass is 305 g/mol. The molecule has 1 aliphatic rings. The molecule has 0 fully saturated rings. The Hall–Kier alpha value is -3.15. The number of nitrogens with zero attached hydrogens (tertiary/aromatic N) is 4. The summed E-state index contributed by atoms with van der Waals surface area (Å²) in [5.41, 5.74) is 3.11. The highest BCUT2D eigenvalue weighted by Gasteiger charge is 2.24. The number of rotatable bonds is 3. The molecule has 0 saturated carbocycles. The van der Waals surface area contributed by atoms with Crippen LogP contribution in [0.1, 0.15) is 17.2 Å². The normalized spacial score (nSPS) is 16.2. The van der Waals surface area contributed by atoms with Crippen LogP contribution >= 0.6 is 0 Å². The lowest BCUT2D eigenvalue weighted by Crippen LogP contribution is -2.20. The maximum atomic E-state index is 5.31. The lowest BCUT2D eigenvalue weighted by atomic mass is 10.0. The van der Waals surface area contributed by atoms with E-state index in [0.29, 0.717) is 5.95 Å². The van der Waals surface area contributed by atoms with Crippen LogP contribution in [0.25, 0.3) is 5.70 Å². The third kappa shape index (κ3) is 2.44. The predicted molar refractivity (Wildman–Crippen MR) is 87.0 cm³/mol. The summed E-state index contributed by atoms with van der Waals surface area (Å²) in [7, 11) is 1.66. The average Bonchev–Trinajstić information content (AvgIpc) is 3.10. The summed E-state index contributed by atoms with van der Waals surface area (Å²) in [6.07, 6.45) is 2.12. The van der Waals surface area contributed by atoms with E-state index < -0.39 is 0 Å². The van der Waals surface area contributed by atoms with E-state index in [-0.39, 0.29) is 6.04 Å². The number of fused-ring (bicyclic) bond motifs is 1. The van der Waals surface area contributed by atoms with Crippen LogP contribution in [0, 0.1) is 0 Å². The highest BCUT2D eigenvalue weighted by atomic mass is 16.5. The van der Waals surface area contributed by atoms with Gasteiger partial charge in [-0.25, -0.2) is 0 Å². The van der Waals surface area contributed by atoms with E-state index in [9.17, 15) is 0 Å². The Morgan fingerprint density at radius 3 is 2.78 bits per heavy atom. The number of hydrogen-bond donors (Lipinski definition) is 1. The smallest absolute Gasteiger partial charge is 0.248 e. The Kier molecular flexibility index (Phi) is 3.27. The van der Waals surface area contributed by atoms with Crippen molar-refractivity contribution in [3.05, 3.63) is 71.8 Å². The van der Waals surface area contributed by atoms with Gasteiger partial charge in [0.2, 0.25) is 5.95 Å². The molecular weight excluding hydrogens is 290 g/mol. The van der Waals surface area contributed by atoms with Gasteiger partial charge in [0.05, 0.1) is 7.11 Å². The Bertz CT molecular complexity index is 856. The van der Waals surface area contributed by atoms with Gasteiger partial charge in [0.15, 0.2) is 0 Å². The lowest BCUT2D eigenvalue weighted by Gasteiger charge is -2.23. The fourth-order valence-corrected chi connectivity index (χ4v) is 2.70. The van der Waals surface area contributed by atoms with Crippen molar-refractivity contribution < 1.29 is 4.74 Å². The summed E-state index contributed by atoms with van der Waals surface area (Å²) in [6, 6.07) is 18.0. The van der Waals surface area contributed by atoms with Gasteiger partial charge in [-0.05, 0) is 34.2 Å². The first-order chi connectivity index (χ1) is 11.3. The van der Waals surface area contributed by atoms with Gasteiger partial charge < -0.3 is 10.1 Å². The summed E-state index contributed by atoms with van der Waals surface area (Å²) in [5.74, 6) is 1.44. The Labute approximate surface area is 133 Å². The number of anilines is 1. The standard InChI is InChI=1S/C17H15N5O/c1-23-14-9-5-8-13(10-14)15-11-16(12-6-3-2-4-7-12)22-17(18-15)19-20-21-22/h2-11,16H,1H3,(H,18,19,21)/t16-/m1/s1. The van der Waals surface area contributed by atoms with Crippen LogP contribution in [0.4, 0.5) is 5.95 Å². The predicted octanol–water partition coefficient (Wildman–Crippen LogP) is 2.74. The highest BCUT2D eigenvalue weighted by molar-refractivity contribution is 5.77. The molecule has 0 saturated heterocycles. The van der Waals surface area contributed by atoms with Gasteiger partial charge in [-0.15, -0.1) is 0 Å². The van der Waals surface area contributed by atoms with Crippen LogP contribution in [0.15, 0.2) is 60.7 Å². The molecule has 6 nitrogen and oxygen atoms in total. The summed E-state index contributed by atoms with van der Waals surface area (Å²) in [5, 5.41) is 15.2. The molecule has 23 heavy (non-hydrogen) atoms. The molecule has 3 aromatic rings. The fraction of sp³-hybridized carbons (Fsp3) is 0.118. The molecule has 0 spiro atoms. The number of hydrogen-bond acceptors (Lipinski definition) is 5. The van der Waals surface area contributed by atoms with Crippen LogP contribution in [0.2, 0.25) is 0 Å². The van der Waals surface area contributed by atoms with Gasteiger partial charge in [0, 0.05) is 11.3 Å². The van der Waals surface area contributed by atoms with Crippen molar-refractivity contribution in [2.24, 2.45) is 0 Å². The molecule has 0 aliphatic carbocycles. The van der Waals surface area contributed by atoms with Gasteiger partial charge in [-0.2, -0.15) is 4.68 Å². The van der Waals surface area contributed by atoms with Crippen LogP contribution in [-0.4, -0.2) is 27.3 Å². The third-order valence-electron chi connectivity index (χ3n) is 3.85. The van der Waals surface area contributed by atoms with E-state index in [1.807, 2.05) is 42.5 Å². The summed E-state index contributed by atoms with van der Waals surface area (Å²) >= 11 is 0. The first kappa shape index (κ1) is 13.5. The minimum Gasteiger partial charge on any atom is -0.497 e. The lowest BCUT2D eigenvalue weighted by molar-refractivity contribution is 0.414. The molecule has 0 amide bonds. The van der Waals surface area contributed by atoms with Crippen LogP contribution in [-0.2, 0) is 0 Å². The molecule has 0 unspecified atom stereocenters. The molecule has 2 heterocycles. The minimum absolute atomic E-state index is 0.0522. The second-order valence-electron chi connectivity index (χ2n) is 5.24. The third-order valence-corrected chi connectivity index (χ3v) is 3.85. The van der Waals surface area contributed by atoms with Crippen LogP contribution in [0.3, 0.4) is 0 Å². The molecule has 0 bridgehead atoms. The summed E-state index contributed by atoms with van der Waals surface area (Å²) < 4.78 is 7.09. The zero-order valence-electron chi connectivity index (χ0n) is 12.5. The van der Waals surface area contributed by atoms with Crippen molar-refractivity contribution in [3.8, 4) is 5.75 Å². The SMILES string of the molecule is COc1cccc(C2=C[C@H](c3ccccc3)n3nnnc3N2)c1. The molecule has 1 atom stereocenters. The van der Waals surface area contributed by atoms with Crippen molar-refractivity contribution in [2.45, 2.75) is 6.04 Å². The number of aromatic nitrogens is 4. The number of ether oxygens (including phenoxy) is 1. The highest BCUT2D eigenvalue weighted by Crippen LogP contribution is 2.32. The van der Waals surface area contributed by atoms with Crippen molar-refractivity contribution in [1.29, 1.82) is 0 Å². The first-order valence-electron chi connectivity index (χ1n) is 7.31. The quantitative estimate of drug-likeness (QED) is 0.806. The maximum Gasteiger partial charge on any atom is 0.248 e. The molecule has 2 aromatic carbocycles. The number of tetrazole rings is 1. The van der Waals surface area contributed by atoms with Gasteiger partial charge in [-0.3, -0.25) is 0 Å². The molecule has 4 rings (SSSR count). The second-order valence-corrected chi connectivity index (χ2v) is 5.24. The summed E-state index contributed by atoms with van der Waals surface area (Å²) in [4.78, 5) is 0. The van der Waals surface area contributed by atoms with Gasteiger partial charge in [0.1, 0.15) is 11.8 Å². The van der Waals surface area contributed by atoms with Crippen molar-refractivity contribution in [3.63, 3.8) is 0 Å². The number of allylic oxidation sites excluding steroid dienone is 1. The zero-order chi connectivity index (χ0) is 15.6.